The van der Waals surface area contributed by atoms with Crippen LogP contribution < -0.4 is 15.8 Å². The highest BCUT2D eigenvalue weighted by Gasteiger charge is 2.23. The number of imidazole rings is 1. The summed E-state index contributed by atoms with van der Waals surface area (Å²) < 4.78 is 7.08. The van der Waals surface area contributed by atoms with Crippen LogP contribution in [0, 0.1) is 0 Å². The first kappa shape index (κ1) is 23.2. The second-order valence-electron chi connectivity index (χ2n) is 5.51. The average Bonchev–Trinajstić information content (AvgIpc) is 2.98. The fourth-order valence-electron chi connectivity index (χ4n) is 2.44. The van der Waals surface area contributed by atoms with Crippen LogP contribution in [0.4, 0.5) is 0 Å². The van der Waals surface area contributed by atoms with Crippen molar-refractivity contribution in [2.45, 2.75) is 31.8 Å². The molecule has 0 aliphatic heterocycles. The van der Waals surface area contributed by atoms with Crippen molar-refractivity contribution in [2.75, 3.05) is 7.11 Å². The van der Waals surface area contributed by atoms with Crippen LogP contribution in [-0.2, 0) is 11.8 Å². The fraction of sp³-hybridized carbons (Fsp3) is 0.412. The van der Waals surface area contributed by atoms with Crippen molar-refractivity contribution in [1.82, 2.24) is 14.9 Å². The third-order valence-corrected chi connectivity index (χ3v) is 3.79. The first-order valence-electron chi connectivity index (χ1n) is 7.74. The Kier molecular flexibility index (Phi) is 10.2. The largest absolute Gasteiger partial charge is 0.497 e. The van der Waals surface area contributed by atoms with Crippen molar-refractivity contribution < 1.29 is 9.53 Å². The van der Waals surface area contributed by atoms with Gasteiger partial charge in [-0.05, 0) is 24.1 Å². The Morgan fingerprint density at radius 1 is 1.32 bits per heavy atom. The van der Waals surface area contributed by atoms with Crippen LogP contribution in [0.25, 0.3) is 0 Å². The van der Waals surface area contributed by atoms with E-state index >= 15 is 0 Å². The monoisotopic (exact) mass is 388 g/mol. The van der Waals surface area contributed by atoms with Gasteiger partial charge in [0.15, 0.2) is 0 Å². The van der Waals surface area contributed by atoms with Crippen molar-refractivity contribution in [3.63, 3.8) is 0 Å². The Bertz CT molecular complexity index is 646. The van der Waals surface area contributed by atoms with Gasteiger partial charge >= 0.3 is 0 Å². The number of halogens is 2. The summed E-state index contributed by atoms with van der Waals surface area (Å²) in [6.07, 6.45) is 5.08. The zero-order chi connectivity index (χ0) is 16.8. The first-order valence-corrected chi connectivity index (χ1v) is 7.74. The van der Waals surface area contributed by atoms with Crippen LogP contribution in [0.2, 0.25) is 0 Å². The number of rotatable bonds is 7. The number of aromatic nitrogens is 2. The predicted octanol–water partition coefficient (Wildman–Crippen LogP) is 2.61. The van der Waals surface area contributed by atoms with Crippen LogP contribution in [-0.4, -0.2) is 28.6 Å². The van der Waals surface area contributed by atoms with E-state index < -0.39 is 6.04 Å². The molecular formula is C17H26Cl2N4O2. The standard InChI is InChI=1S/C17H24N4O2.2ClH/c1-4-5-14(18)17(22)20-15(16-19-10-11-21(16)2)12-6-8-13(23-3)9-7-12;;/h6-11,14-15H,4-5,18H2,1-3H3,(H,20,22);2*1H. The van der Waals surface area contributed by atoms with Gasteiger partial charge in [0.05, 0.1) is 13.2 Å². The van der Waals surface area contributed by atoms with Gasteiger partial charge in [-0.1, -0.05) is 25.5 Å². The number of benzene rings is 1. The van der Waals surface area contributed by atoms with E-state index in [1.807, 2.05) is 49.0 Å². The summed E-state index contributed by atoms with van der Waals surface area (Å²) in [6, 6.07) is 6.71. The maximum atomic E-state index is 12.3. The average molecular weight is 389 g/mol. The highest BCUT2D eigenvalue weighted by molar-refractivity contribution is 5.85. The summed E-state index contributed by atoms with van der Waals surface area (Å²) >= 11 is 0. The predicted molar refractivity (Wildman–Crippen MR) is 104 cm³/mol. The number of nitrogens with one attached hydrogen (secondary N) is 1. The molecule has 0 spiro atoms. The van der Waals surface area contributed by atoms with Crippen LogP contribution in [0.3, 0.4) is 0 Å². The zero-order valence-corrected chi connectivity index (χ0v) is 16.3. The van der Waals surface area contributed by atoms with Crippen LogP contribution in [0.5, 0.6) is 5.75 Å². The van der Waals surface area contributed by atoms with Crippen LogP contribution in [0.15, 0.2) is 36.7 Å². The molecule has 2 rings (SSSR count). The Morgan fingerprint density at radius 3 is 2.44 bits per heavy atom. The Balaban J connectivity index is 0.00000288. The van der Waals surface area contributed by atoms with Gasteiger partial charge < -0.3 is 20.4 Å². The summed E-state index contributed by atoms with van der Waals surface area (Å²) in [5.74, 6) is 1.35. The minimum atomic E-state index is -0.513. The molecule has 3 N–H and O–H groups in total. The molecule has 2 unspecified atom stereocenters. The van der Waals surface area contributed by atoms with Crippen LogP contribution >= 0.6 is 24.8 Å². The SMILES string of the molecule is CCCC(N)C(=O)NC(c1ccc(OC)cc1)c1nccn1C.Cl.Cl. The van der Waals surface area contributed by atoms with E-state index in [-0.39, 0.29) is 36.8 Å². The molecule has 0 fully saturated rings. The number of nitrogens with zero attached hydrogens (tertiary/aromatic N) is 2. The fourth-order valence-corrected chi connectivity index (χ4v) is 2.44. The minimum Gasteiger partial charge on any atom is -0.497 e. The molecule has 2 aromatic rings. The van der Waals surface area contributed by atoms with Crippen molar-refractivity contribution in [1.29, 1.82) is 0 Å². The molecule has 0 saturated heterocycles. The molecule has 0 aliphatic rings. The smallest absolute Gasteiger partial charge is 0.237 e. The number of carbonyl (C=O) groups is 1. The topological polar surface area (TPSA) is 82.2 Å². The van der Waals surface area contributed by atoms with E-state index in [0.717, 1.165) is 23.6 Å². The maximum absolute atomic E-state index is 12.3. The number of aryl methyl sites for hydroxylation is 1. The molecule has 0 radical (unpaired) electrons. The Hall–Kier alpha value is -1.76. The zero-order valence-electron chi connectivity index (χ0n) is 14.6. The Morgan fingerprint density at radius 2 is 1.96 bits per heavy atom. The molecular weight excluding hydrogens is 363 g/mol. The van der Waals surface area contributed by atoms with Gasteiger partial charge in [0, 0.05) is 19.4 Å². The molecule has 140 valence electrons. The molecule has 0 aliphatic carbocycles. The highest BCUT2D eigenvalue weighted by atomic mass is 35.5. The number of methoxy groups -OCH3 is 1. The summed E-state index contributed by atoms with van der Waals surface area (Å²) in [4.78, 5) is 16.7. The number of hydrogen-bond donors (Lipinski definition) is 2. The van der Waals surface area contributed by atoms with Gasteiger partial charge in [-0.15, -0.1) is 24.8 Å². The summed E-state index contributed by atoms with van der Waals surface area (Å²) in [6.45, 7) is 2.01. The lowest BCUT2D eigenvalue weighted by atomic mass is 10.0. The molecule has 0 saturated carbocycles. The summed E-state index contributed by atoms with van der Waals surface area (Å²) in [5.41, 5.74) is 6.86. The van der Waals surface area contributed by atoms with Gasteiger partial charge in [-0.25, -0.2) is 4.98 Å². The minimum absolute atomic E-state index is 0. The van der Waals surface area contributed by atoms with E-state index in [1.165, 1.54) is 0 Å². The number of carbonyl (C=O) groups excluding carboxylic acids is 1. The third kappa shape index (κ3) is 5.92. The van der Waals surface area contributed by atoms with Crippen molar-refractivity contribution in [3.8, 4) is 5.75 Å². The molecule has 25 heavy (non-hydrogen) atoms. The first-order chi connectivity index (χ1) is 11.1. The molecule has 1 heterocycles. The van der Waals surface area contributed by atoms with Crippen molar-refractivity contribution >= 4 is 30.7 Å². The van der Waals surface area contributed by atoms with E-state index in [0.29, 0.717) is 6.42 Å². The van der Waals surface area contributed by atoms with E-state index in [2.05, 4.69) is 10.3 Å². The molecule has 0 bridgehead atoms. The number of nitrogens with two attached hydrogens (primary N) is 1. The normalized spacial score (nSPS) is 12.3. The van der Waals surface area contributed by atoms with Crippen molar-refractivity contribution in [2.24, 2.45) is 12.8 Å². The van der Waals surface area contributed by atoms with Gasteiger partial charge in [-0.2, -0.15) is 0 Å². The lowest BCUT2D eigenvalue weighted by Crippen LogP contribution is -2.43. The molecule has 1 amide bonds. The molecule has 1 aromatic carbocycles. The Labute approximate surface area is 161 Å². The molecule has 2 atom stereocenters. The van der Waals surface area contributed by atoms with E-state index in [9.17, 15) is 4.79 Å². The van der Waals surface area contributed by atoms with Crippen LogP contribution in [0.1, 0.15) is 37.2 Å². The van der Waals surface area contributed by atoms with E-state index in [1.54, 1.807) is 13.3 Å². The second kappa shape index (κ2) is 11.0. The lowest BCUT2D eigenvalue weighted by molar-refractivity contribution is -0.123. The summed E-state index contributed by atoms with van der Waals surface area (Å²) in [5, 5.41) is 3.01. The van der Waals surface area contributed by atoms with Gasteiger partial charge in [-0.3, -0.25) is 4.79 Å². The van der Waals surface area contributed by atoms with Gasteiger partial charge in [0.1, 0.15) is 17.6 Å². The maximum Gasteiger partial charge on any atom is 0.237 e. The van der Waals surface area contributed by atoms with Gasteiger partial charge in [0.2, 0.25) is 5.91 Å². The third-order valence-electron chi connectivity index (χ3n) is 3.79. The van der Waals surface area contributed by atoms with Crippen molar-refractivity contribution in [3.05, 3.63) is 48.0 Å². The number of ether oxygens (including phenoxy) is 1. The number of hydrogen-bond acceptors (Lipinski definition) is 4. The molecule has 1 aromatic heterocycles. The van der Waals surface area contributed by atoms with Gasteiger partial charge in [0.25, 0.3) is 0 Å². The summed E-state index contributed by atoms with van der Waals surface area (Å²) in [7, 11) is 3.52. The quantitative estimate of drug-likeness (QED) is 0.763. The molecule has 6 nitrogen and oxygen atoms in total. The highest BCUT2D eigenvalue weighted by Crippen LogP contribution is 2.23. The number of amides is 1. The second-order valence-corrected chi connectivity index (χ2v) is 5.51. The lowest BCUT2D eigenvalue weighted by Gasteiger charge is -2.21. The molecule has 8 heteroatoms. The van der Waals surface area contributed by atoms with E-state index in [4.69, 9.17) is 10.5 Å².